The average Bonchev–Trinajstić information content (AvgIpc) is 2.93. The van der Waals surface area contributed by atoms with E-state index in [0.29, 0.717) is 29.7 Å². The summed E-state index contributed by atoms with van der Waals surface area (Å²) in [6.45, 7) is 8.16. The zero-order valence-corrected chi connectivity index (χ0v) is 18.1. The van der Waals surface area contributed by atoms with Gasteiger partial charge in [0.05, 0.1) is 24.1 Å². The second-order valence-electron chi connectivity index (χ2n) is 7.91. The van der Waals surface area contributed by atoms with Crippen molar-refractivity contribution in [2.24, 2.45) is 5.92 Å². The highest BCUT2D eigenvalue weighted by Gasteiger charge is 2.22. The van der Waals surface area contributed by atoms with Crippen LogP contribution in [0.4, 0.5) is 16.0 Å². The number of hydroxylamine groups is 1. The van der Waals surface area contributed by atoms with Gasteiger partial charge in [-0.1, -0.05) is 13.8 Å². The summed E-state index contributed by atoms with van der Waals surface area (Å²) < 4.78 is 24.2. The van der Waals surface area contributed by atoms with Gasteiger partial charge in [0.2, 0.25) is 5.95 Å². The smallest absolute Gasteiger partial charge is 0.227 e. The molecule has 1 aliphatic heterocycles. The zero-order valence-electron chi connectivity index (χ0n) is 18.1. The predicted octanol–water partition coefficient (Wildman–Crippen LogP) is 4.68. The summed E-state index contributed by atoms with van der Waals surface area (Å²) in [5.41, 5.74) is 9.85. The highest BCUT2D eigenvalue weighted by molar-refractivity contribution is 5.82. The number of nitrogens with two attached hydrogens (primary N) is 1. The molecule has 1 aromatic carbocycles. The standard InChI is InChI=1S/C13H16FNO2.C9H14N4O.2H2/c1-7(2)12(15-16)13-8(3)10-6-9(14)4-5-11(10)17-13;10-8-5-11-9(12-6-8)13-3-1-2-4-14-7-13;;/h4-7,12,15-16H,1-3H3;5-6H,1-4,7,10H2;2*1H/t12-;;;/m1.../s1. The van der Waals surface area contributed by atoms with Crippen molar-refractivity contribution in [2.75, 3.05) is 30.5 Å². The molecule has 0 unspecified atom stereocenters. The molecule has 1 atom stereocenters. The molecule has 172 valence electrons. The van der Waals surface area contributed by atoms with Gasteiger partial charge in [0, 0.05) is 27.0 Å². The van der Waals surface area contributed by atoms with Gasteiger partial charge in [0.25, 0.3) is 0 Å². The second kappa shape index (κ2) is 10.5. The van der Waals surface area contributed by atoms with Crippen molar-refractivity contribution in [3.05, 3.63) is 47.7 Å². The molecule has 31 heavy (non-hydrogen) atoms. The van der Waals surface area contributed by atoms with E-state index >= 15 is 0 Å². The number of halogens is 1. The predicted molar refractivity (Wildman–Crippen MR) is 121 cm³/mol. The maximum absolute atomic E-state index is 13.2. The molecule has 2 aromatic heterocycles. The van der Waals surface area contributed by atoms with Crippen LogP contribution in [0.15, 0.2) is 35.0 Å². The number of hydrogen-bond donors (Lipinski definition) is 3. The Bertz CT molecular complexity index is 980. The lowest BCUT2D eigenvalue weighted by molar-refractivity contribution is 0.0940. The summed E-state index contributed by atoms with van der Waals surface area (Å²) in [5, 5.41) is 9.92. The number of nitrogens with zero attached hydrogens (tertiary/aromatic N) is 3. The lowest BCUT2D eigenvalue weighted by atomic mass is 9.99. The van der Waals surface area contributed by atoms with Crippen LogP contribution in [-0.2, 0) is 4.74 Å². The van der Waals surface area contributed by atoms with Crippen LogP contribution in [0.1, 0.15) is 46.9 Å². The van der Waals surface area contributed by atoms with Crippen LogP contribution in [0.5, 0.6) is 0 Å². The van der Waals surface area contributed by atoms with E-state index in [2.05, 4.69) is 15.4 Å². The maximum Gasteiger partial charge on any atom is 0.227 e. The fraction of sp³-hybridized carbons (Fsp3) is 0.455. The number of ether oxygens (including phenoxy) is 1. The Labute approximate surface area is 184 Å². The lowest BCUT2D eigenvalue weighted by Crippen LogP contribution is -2.27. The van der Waals surface area contributed by atoms with Crippen molar-refractivity contribution in [1.82, 2.24) is 15.4 Å². The first-order valence-electron chi connectivity index (χ1n) is 10.4. The lowest BCUT2D eigenvalue weighted by Gasteiger charge is -2.18. The third-order valence-electron chi connectivity index (χ3n) is 5.18. The second-order valence-corrected chi connectivity index (χ2v) is 7.91. The average molecular weight is 436 g/mol. The van der Waals surface area contributed by atoms with Gasteiger partial charge >= 0.3 is 0 Å². The largest absolute Gasteiger partial charge is 0.459 e. The first-order valence-corrected chi connectivity index (χ1v) is 10.4. The Morgan fingerprint density at radius 2 is 2.00 bits per heavy atom. The summed E-state index contributed by atoms with van der Waals surface area (Å²) in [5.74, 6) is 1.24. The molecule has 1 saturated heterocycles. The number of nitrogen functional groups attached to an aromatic ring is 1. The van der Waals surface area contributed by atoms with Crippen LogP contribution in [0.2, 0.25) is 0 Å². The van der Waals surface area contributed by atoms with E-state index in [9.17, 15) is 4.39 Å². The van der Waals surface area contributed by atoms with E-state index < -0.39 is 0 Å². The maximum atomic E-state index is 13.2. The molecule has 1 aliphatic rings. The molecular formula is C22H34FN5O3. The molecular weight excluding hydrogens is 401 g/mol. The number of nitrogens with one attached hydrogen (secondary N) is 1. The minimum Gasteiger partial charge on any atom is -0.459 e. The van der Waals surface area contributed by atoms with E-state index in [4.69, 9.17) is 20.1 Å². The number of aryl methyl sites for hydroxylation is 1. The van der Waals surface area contributed by atoms with Crippen LogP contribution in [0.25, 0.3) is 11.0 Å². The van der Waals surface area contributed by atoms with Crippen LogP contribution in [0, 0.1) is 18.7 Å². The van der Waals surface area contributed by atoms with E-state index in [1.165, 1.54) is 12.1 Å². The highest BCUT2D eigenvalue weighted by atomic mass is 19.1. The van der Waals surface area contributed by atoms with Gasteiger partial charge in [-0.05, 0) is 43.9 Å². The zero-order chi connectivity index (χ0) is 22.4. The first-order chi connectivity index (χ1) is 14.9. The molecule has 0 amide bonds. The minimum absolute atomic E-state index is 0. The summed E-state index contributed by atoms with van der Waals surface area (Å²) in [4.78, 5) is 10.3. The molecule has 0 spiro atoms. The molecule has 9 heteroatoms. The third-order valence-corrected chi connectivity index (χ3v) is 5.18. The molecule has 3 heterocycles. The molecule has 8 nitrogen and oxygen atoms in total. The fourth-order valence-electron chi connectivity index (χ4n) is 3.42. The van der Waals surface area contributed by atoms with E-state index in [0.717, 1.165) is 36.9 Å². The quantitative estimate of drug-likeness (QED) is 0.507. The summed E-state index contributed by atoms with van der Waals surface area (Å²) in [7, 11) is 0. The van der Waals surface area contributed by atoms with Crippen molar-refractivity contribution < 1.29 is 21.6 Å². The number of furan rings is 1. The highest BCUT2D eigenvalue weighted by Crippen LogP contribution is 2.32. The number of benzene rings is 1. The van der Waals surface area contributed by atoms with Crippen molar-refractivity contribution in [3.63, 3.8) is 0 Å². The first kappa shape index (κ1) is 22.9. The minimum atomic E-state index is -0.287. The van der Waals surface area contributed by atoms with Gasteiger partial charge in [0.15, 0.2) is 0 Å². The number of aromatic nitrogens is 2. The summed E-state index contributed by atoms with van der Waals surface area (Å²) in [6, 6.07) is 4.14. The number of fused-ring (bicyclic) bond motifs is 1. The Balaban J connectivity index is 0.000000316. The Morgan fingerprint density at radius 3 is 2.68 bits per heavy atom. The van der Waals surface area contributed by atoms with Crippen LogP contribution in [0.3, 0.4) is 0 Å². The monoisotopic (exact) mass is 435 g/mol. The Morgan fingerprint density at radius 1 is 1.26 bits per heavy atom. The van der Waals surface area contributed by atoms with E-state index in [1.54, 1.807) is 18.5 Å². The van der Waals surface area contributed by atoms with Crippen LogP contribution >= 0.6 is 0 Å². The molecule has 1 fully saturated rings. The van der Waals surface area contributed by atoms with Gasteiger partial charge < -0.3 is 25.0 Å². The molecule has 0 aliphatic carbocycles. The van der Waals surface area contributed by atoms with E-state index in [1.807, 2.05) is 25.7 Å². The van der Waals surface area contributed by atoms with Crippen molar-refractivity contribution in [2.45, 2.75) is 39.7 Å². The molecule has 0 saturated carbocycles. The van der Waals surface area contributed by atoms with Gasteiger partial charge in [0.1, 0.15) is 23.9 Å². The summed E-state index contributed by atoms with van der Waals surface area (Å²) in [6.07, 6.45) is 5.46. The Kier molecular flexibility index (Phi) is 7.78. The Hall–Kier alpha value is -2.75. The van der Waals surface area contributed by atoms with Gasteiger partial charge in [-0.2, -0.15) is 5.48 Å². The SMILES string of the molecule is Cc1c([C@H](NO)C(C)C)oc2ccc(F)cc12.Nc1cnc(N2CCCCOC2)nc1.[HH].[HH]. The normalized spacial score (nSPS) is 15.5. The van der Waals surface area contributed by atoms with Crippen LogP contribution < -0.4 is 16.1 Å². The van der Waals surface area contributed by atoms with E-state index in [-0.39, 0.29) is 20.6 Å². The number of rotatable bonds is 4. The van der Waals surface area contributed by atoms with Crippen molar-refractivity contribution in [3.8, 4) is 0 Å². The topological polar surface area (TPSA) is 110 Å². The fourth-order valence-corrected chi connectivity index (χ4v) is 3.42. The number of hydrogen-bond acceptors (Lipinski definition) is 8. The molecule has 3 aromatic rings. The van der Waals surface area contributed by atoms with Crippen LogP contribution in [-0.4, -0.2) is 35.1 Å². The van der Waals surface area contributed by atoms with Gasteiger partial charge in [-0.25, -0.2) is 14.4 Å². The van der Waals surface area contributed by atoms with Crippen molar-refractivity contribution >= 4 is 22.6 Å². The molecule has 4 N–H and O–H groups in total. The summed E-state index contributed by atoms with van der Waals surface area (Å²) >= 11 is 0. The molecule has 4 rings (SSSR count). The third kappa shape index (κ3) is 5.69. The molecule has 0 radical (unpaired) electrons. The van der Waals surface area contributed by atoms with Crippen molar-refractivity contribution in [1.29, 1.82) is 0 Å². The van der Waals surface area contributed by atoms with Gasteiger partial charge in [-0.15, -0.1) is 0 Å². The van der Waals surface area contributed by atoms with Gasteiger partial charge in [-0.3, -0.25) is 0 Å². The molecule has 0 bridgehead atoms. The number of anilines is 2.